The summed E-state index contributed by atoms with van der Waals surface area (Å²) in [6.45, 7) is 4.09. The van der Waals surface area contributed by atoms with Gasteiger partial charge in [0.25, 0.3) is 0 Å². The van der Waals surface area contributed by atoms with Crippen LogP contribution in [0.3, 0.4) is 0 Å². The maximum Gasteiger partial charge on any atom is 0.191 e. The van der Waals surface area contributed by atoms with Crippen molar-refractivity contribution < 1.29 is 0 Å². The van der Waals surface area contributed by atoms with Gasteiger partial charge in [-0.2, -0.15) is 0 Å². The fourth-order valence-corrected chi connectivity index (χ4v) is 2.39. The van der Waals surface area contributed by atoms with E-state index in [-0.39, 0.29) is 0 Å². The zero-order chi connectivity index (χ0) is 12.6. The van der Waals surface area contributed by atoms with Gasteiger partial charge in [-0.25, -0.2) is 0 Å². The molecule has 0 saturated heterocycles. The molecule has 0 aliphatic heterocycles. The summed E-state index contributed by atoms with van der Waals surface area (Å²) in [6, 6.07) is 4.97. The fraction of sp³-hybridized carbons (Fsp3) is 0.643. The number of hydrogen-bond donors (Lipinski definition) is 2. The van der Waals surface area contributed by atoms with E-state index in [1.165, 1.54) is 30.6 Å². The number of hydrogen-bond acceptors (Lipinski definition) is 2. The van der Waals surface area contributed by atoms with Crippen LogP contribution in [-0.2, 0) is 6.42 Å². The summed E-state index contributed by atoms with van der Waals surface area (Å²) in [5.74, 6) is 1.00. The summed E-state index contributed by atoms with van der Waals surface area (Å²) in [7, 11) is 0. The third-order valence-electron chi connectivity index (χ3n) is 2.94. The number of thiophene rings is 1. The van der Waals surface area contributed by atoms with Crippen LogP contribution >= 0.6 is 11.3 Å². The van der Waals surface area contributed by atoms with E-state index < -0.39 is 0 Å². The smallest absolute Gasteiger partial charge is 0.191 e. The maximum absolute atomic E-state index is 4.61. The van der Waals surface area contributed by atoms with Crippen molar-refractivity contribution in [3.63, 3.8) is 0 Å². The molecule has 1 saturated carbocycles. The molecule has 18 heavy (non-hydrogen) atoms. The molecule has 1 fully saturated rings. The van der Waals surface area contributed by atoms with E-state index in [9.17, 15) is 0 Å². The highest BCUT2D eigenvalue weighted by Crippen LogP contribution is 2.18. The van der Waals surface area contributed by atoms with Crippen LogP contribution in [0.4, 0.5) is 0 Å². The largest absolute Gasteiger partial charge is 0.356 e. The second-order valence-electron chi connectivity index (χ2n) is 4.76. The highest BCUT2D eigenvalue weighted by Gasteiger charge is 2.22. The monoisotopic (exact) mass is 265 g/mol. The highest BCUT2D eigenvalue weighted by molar-refractivity contribution is 7.09. The van der Waals surface area contributed by atoms with Gasteiger partial charge < -0.3 is 10.6 Å². The first kappa shape index (κ1) is 13.4. The Labute approximate surface area is 114 Å². The van der Waals surface area contributed by atoms with Crippen LogP contribution in [0.2, 0.25) is 0 Å². The molecule has 0 spiro atoms. The Balaban J connectivity index is 1.71. The SMILES string of the molecule is CCCCN=C(NCCc1cccs1)NC1CC1. The lowest BCUT2D eigenvalue weighted by molar-refractivity contribution is 0.759. The summed E-state index contributed by atoms with van der Waals surface area (Å²) < 4.78 is 0. The molecule has 1 heterocycles. The summed E-state index contributed by atoms with van der Waals surface area (Å²) in [4.78, 5) is 6.04. The first-order valence-electron chi connectivity index (χ1n) is 6.95. The summed E-state index contributed by atoms with van der Waals surface area (Å²) in [5.41, 5.74) is 0. The number of nitrogens with zero attached hydrogens (tertiary/aromatic N) is 1. The van der Waals surface area contributed by atoms with Crippen molar-refractivity contribution in [1.82, 2.24) is 10.6 Å². The van der Waals surface area contributed by atoms with Gasteiger partial charge in [-0.05, 0) is 37.1 Å². The molecular formula is C14H23N3S. The first-order valence-corrected chi connectivity index (χ1v) is 7.83. The fourth-order valence-electron chi connectivity index (χ4n) is 1.68. The van der Waals surface area contributed by atoms with Crippen molar-refractivity contribution in [1.29, 1.82) is 0 Å². The van der Waals surface area contributed by atoms with E-state index in [0.29, 0.717) is 6.04 Å². The Morgan fingerprint density at radius 2 is 2.39 bits per heavy atom. The minimum Gasteiger partial charge on any atom is -0.356 e. The van der Waals surface area contributed by atoms with Crippen molar-refractivity contribution in [3.8, 4) is 0 Å². The van der Waals surface area contributed by atoms with Crippen molar-refractivity contribution in [2.75, 3.05) is 13.1 Å². The Morgan fingerprint density at radius 1 is 1.50 bits per heavy atom. The third-order valence-corrected chi connectivity index (χ3v) is 3.88. The van der Waals surface area contributed by atoms with Gasteiger partial charge in [-0.15, -0.1) is 11.3 Å². The molecule has 0 atom stereocenters. The predicted octanol–water partition coefficient (Wildman–Crippen LogP) is 2.79. The van der Waals surface area contributed by atoms with Crippen LogP contribution in [0.15, 0.2) is 22.5 Å². The van der Waals surface area contributed by atoms with Crippen LogP contribution < -0.4 is 10.6 Å². The minimum absolute atomic E-state index is 0.666. The van der Waals surface area contributed by atoms with Gasteiger partial charge in [-0.3, -0.25) is 4.99 Å². The van der Waals surface area contributed by atoms with Crippen LogP contribution in [0.1, 0.15) is 37.5 Å². The molecule has 100 valence electrons. The van der Waals surface area contributed by atoms with Crippen LogP contribution in [0, 0.1) is 0 Å². The van der Waals surface area contributed by atoms with E-state index in [1.807, 2.05) is 11.3 Å². The average molecular weight is 265 g/mol. The second kappa shape index (κ2) is 7.41. The normalized spacial score (nSPS) is 15.7. The molecule has 2 rings (SSSR count). The Kier molecular flexibility index (Phi) is 5.52. The van der Waals surface area contributed by atoms with Gasteiger partial charge in [0, 0.05) is 24.0 Å². The summed E-state index contributed by atoms with van der Waals surface area (Å²) >= 11 is 1.82. The Bertz CT molecular complexity index is 355. The molecule has 1 aliphatic rings. The highest BCUT2D eigenvalue weighted by atomic mass is 32.1. The van der Waals surface area contributed by atoms with Crippen molar-refractivity contribution in [2.45, 2.75) is 45.1 Å². The van der Waals surface area contributed by atoms with Gasteiger partial charge in [0.2, 0.25) is 0 Å². The molecule has 2 N–H and O–H groups in total. The van der Waals surface area contributed by atoms with E-state index in [2.05, 4.69) is 40.1 Å². The molecule has 1 aromatic heterocycles. The minimum atomic E-state index is 0.666. The lowest BCUT2D eigenvalue weighted by Crippen LogP contribution is -2.39. The predicted molar refractivity (Wildman–Crippen MR) is 79.4 cm³/mol. The molecule has 0 unspecified atom stereocenters. The molecular weight excluding hydrogens is 242 g/mol. The molecule has 1 aromatic rings. The molecule has 0 amide bonds. The number of aliphatic imine (C=N–C) groups is 1. The van der Waals surface area contributed by atoms with Gasteiger partial charge in [0.05, 0.1) is 0 Å². The zero-order valence-electron chi connectivity index (χ0n) is 11.1. The quantitative estimate of drug-likeness (QED) is 0.452. The van der Waals surface area contributed by atoms with E-state index >= 15 is 0 Å². The molecule has 0 bridgehead atoms. The van der Waals surface area contributed by atoms with E-state index in [4.69, 9.17) is 0 Å². The lowest BCUT2D eigenvalue weighted by atomic mass is 10.3. The average Bonchev–Trinajstić information content (AvgIpc) is 3.03. The lowest BCUT2D eigenvalue weighted by Gasteiger charge is -2.11. The topological polar surface area (TPSA) is 36.4 Å². The third kappa shape index (κ3) is 5.08. The van der Waals surface area contributed by atoms with Gasteiger partial charge in [0.1, 0.15) is 0 Å². The van der Waals surface area contributed by atoms with E-state index in [1.54, 1.807) is 0 Å². The standard InChI is InChI=1S/C14H23N3S/c1-2-3-9-15-14(17-12-6-7-12)16-10-8-13-5-4-11-18-13/h4-5,11-12H,2-3,6-10H2,1H3,(H2,15,16,17). The van der Waals surface area contributed by atoms with Gasteiger partial charge in [-0.1, -0.05) is 19.4 Å². The van der Waals surface area contributed by atoms with E-state index in [0.717, 1.165) is 25.5 Å². The number of nitrogens with one attached hydrogen (secondary N) is 2. The second-order valence-corrected chi connectivity index (χ2v) is 5.79. The van der Waals surface area contributed by atoms with Crippen molar-refractivity contribution in [3.05, 3.63) is 22.4 Å². The van der Waals surface area contributed by atoms with Crippen LogP contribution in [0.5, 0.6) is 0 Å². The van der Waals surface area contributed by atoms with Gasteiger partial charge >= 0.3 is 0 Å². The zero-order valence-corrected chi connectivity index (χ0v) is 11.9. The summed E-state index contributed by atoms with van der Waals surface area (Å²) in [5, 5.41) is 9.04. The molecule has 3 nitrogen and oxygen atoms in total. The number of guanidine groups is 1. The van der Waals surface area contributed by atoms with Crippen LogP contribution in [0.25, 0.3) is 0 Å². The van der Waals surface area contributed by atoms with Crippen molar-refractivity contribution in [2.24, 2.45) is 4.99 Å². The molecule has 1 aliphatic carbocycles. The molecule has 4 heteroatoms. The number of unbranched alkanes of at least 4 members (excludes halogenated alkanes) is 1. The summed E-state index contributed by atoms with van der Waals surface area (Å²) in [6.07, 6.45) is 6.04. The molecule has 0 aromatic carbocycles. The number of rotatable bonds is 7. The molecule has 0 radical (unpaired) electrons. The van der Waals surface area contributed by atoms with Crippen LogP contribution in [-0.4, -0.2) is 25.1 Å². The van der Waals surface area contributed by atoms with Crippen molar-refractivity contribution >= 4 is 17.3 Å². The Hall–Kier alpha value is -1.03. The maximum atomic E-state index is 4.61. The Morgan fingerprint density at radius 3 is 3.06 bits per heavy atom. The van der Waals surface area contributed by atoms with Gasteiger partial charge in [0.15, 0.2) is 5.96 Å². The first-order chi connectivity index (χ1) is 8.88.